The number of nitrogen functional groups attached to an aromatic ring is 1. The molecule has 0 aliphatic rings. The van der Waals surface area contributed by atoms with Crippen LogP contribution in [0.3, 0.4) is 0 Å². The Morgan fingerprint density at radius 3 is 2.81 bits per heavy atom. The summed E-state index contributed by atoms with van der Waals surface area (Å²) < 4.78 is 7.81. The van der Waals surface area contributed by atoms with Crippen molar-refractivity contribution in [1.82, 2.24) is 19.4 Å². The van der Waals surface area contributed by atoms with Crippen molar-refractivity contribution in [2.24, 2.45) is 0 Å². The highest BCUT2D eigenvalue weighted by atomic mass is 35.5. The zero-order chi connectivity index (χ0) is 25.8. The number of ether oxygens (including phenoxy) is 1. The van der Waals surface area contributed by atoms with Gasteiger partial charge in [-0.3, -0.25) is 9.78 Å². The number of para-hydroxylation sites is 1. The van der Waals surface area contributed by atoms with Crippen LogP contribution in [0.5, 0.6) is 5.75 Å². The summed E-state index contributed by atoms with van der Waals surface area (Å²) in [5.41, 5.74) is 10.9. The summed E-state index contributed by atoms with van der Waals surface area (Å²) in [5.74, 6) is 0.633. The van der Waals surface area contributed by atoms with E-state index in [0.29, 0.717) is 10.8 Å². The Balaban J connectivity index is 1.72. The van der Waals surface area contributed by atoms with Crippen molar-refractivity contribution in [2.75, 3.05) is 19.8 Å². The van der Waals surface area contributed by atoms with Crippen LogP contribution in [0.25, 0.3) is 16.6 Å². The molecule has 0 aliphatic carbocycles. The zero-order valence-corrected chi connectivity index (χ0v) is 21.3. The number of anilines is 1. The summed E-state index contributed by atoms with van der Waals surface area (Å²) in [5, 5.41) is 1.42. The molecule has 0 saturated heterocycles. The zero-order valence-electron chi connectivity index (χ0n) is 20.5. The van der Waals surface area contributed by atoms with Crippen molar-refractivity contribution in [1.29, 1.82) is 0 Å². The molecule has 4 aromatic rings. The van der Waals surface area contributed by atoms with E-state index in [1.165, 1.54) is 4.57 Å². The maximum absolute atomic E-state index is 12.4. The number of aryl methyl sites for hydroxylation is 1. The fraction of sp³-hybridized carbons (Fsp3) is 0.179. The topological polar surface area (TPSA) is 86.3 Å². The van der Waals surface area contributed by atoms with Gasteiger partial charge in [-0.05, 0) is 42.8 Å². The molecule has 0 atom stereocenters. The van der Waals surface area contributed by atoms with E-state index in [4.69, 9.17) is 27.1 Å². The molecule has 0 spiro atoms. The lowest BCUT2D eigenvalue weighted by molar-refractivity contribution is 0.307. The fourth-order valence-corrected chi connectivity index (χ4v) is 4.32. The Kier molecular flexibility index (Phi) is 7.41. The molecule has 0 unspecified atom stereocenters. The minimum Gasteiger partial charge on any atom is -0.487 e. The molecule has 4 rings (SSSR count). The van der Waals surface area contributed by atoms with E-state index in [1.54, 1.807) is 36.8 Å². The van der Waals surface area contributed by atoms with E-state index in [1.807, 2.05) is 50.2 Å². The molecule has 184 valence electrons. The maximum atomic E-state index is 12.4. The fourth-order valence-electron chi connectivity index (χ4n) is 4.08. The van der Waals surface area contributed by atoms with Crippen LogP contribution in [0.15, 0.2) is 78.5 Å². The lowest BCUT2D eigenvalue weighted by atomic mass is 10.0. The monoisotopic (exact) mass is 501 g/mol. The number of hydrogen-bond acceptors (Lipinski definition) is 6. The van der Waals surface area contributed by atoms with Crippen LogP contribution in [0.2, 0.25) is 5.02 Å². The number of benzene rings is 1. The van der Waals surface area contributed by atoms with Crippen LogP contribution in [0.4, 0.5) is 5.69 Å². The first kappa shape index (κ1) is 25.0. The van der Waals surface area contributed by atoms with Gasteiger partial charge >= 0.3 is 0 Å². The Labute approximate surface area is 215 Å². The Hall–Kier alpha value is -4.10. The number of aromatic nitrogens is 3. The van der Waals surface area contributed by atoms with E-state index in [0.717, 1.165) is 39.0 Å². The molecule has 0 amide bonds. The first-order chi connectivity index (χ1) is 17.3. The van der Waals surface area contributed by atoms with Gasteiger partial charge in [0.05, 0.1) is 17.3 Å². The minimum atomic E-state index is -0.269. The number of nitrogens with two attached hydrogens (primary N) is 1. The van der Waals surface area contributed by atoms with Crippen LogP contribution in [0, 0.1) is 6.92 Å². The van der Waals surface area contributed by atoms with Crippen LogP contribution < -0.4 is 16.0 Å². The van der Waals surface area contributed by atoms with E-state index in [9.17, 15) is 4.79 Å². The van der Waals surface area contributed by atoms with Crippen LogP contribution in [-0.2, 0) is 13.2 Å². The number of nitrogens with zero attached hydrogens (tertiary/aromatic N) is 4. The molecule has 0 radical (unpaired) electrons. The van der Waals surface area contributed by atoms with Gasteiger partial charge in [0.15, 0.2) is 0 Å². The predicted molar refractivity (Wildman–Crippen MR) is 146 cm³/mol. The second-order valence-corrected chi connectivity index (χ2v) is 9.00. The predicted octanol–water partition coefficient (Wildman–Crippen LogP) is 5.05. The lowest BCUT2D eigenvalue weighted by Gasteiger charge is -2.20. The quantitative estimate of drug-likeness (QED) is 0.340. The average molecular weight is 502 g/mol. The van der Waals surface area contributed by atoms with Crippen molar-refractivity contribution in [3.63, 3.8) is 0 Å². The summed E-state index contributed by atoms with van der Waals surface area (Å²) in [6, 6.07) is 11.2. The van der Waals surface area contributed by atoms with Crippen LogP contribution >= 0.6 is 11.6 Å². The molecular weight excluding hydrogens is 474 g/mol. The molecule has 0 bridgehead atoms. The van der Waals surface area contributed by atoms with Gasteiger partial charge < -0.3 is 19.9 Å². The molecule has 3 aromatic heterocycles. The Morgan fingerprint density at radius 2 is 2.06 bits per heavy atom. The van der Waals surface area contributed by atoms with Gasteiger partial charge in [-0.25, -0.2) is 4.98 Å². The number of allylic oxidation sites excluding steroid dienone is 2. The van der Waals surface area contributed by atoms with Crippen molar-refractivity contribution in [3.8, 4) is 5.75 Å². The molecule has 1 aromatic carbocycles. The lowest BCUT2D eigenvalue weighted by Crippen LogP contribution is -2.23. The molecule has 7 nitrogen and oxygen atoms in total. The second kappa shape index (κ2) is 10.7. The third kappa shape index (κ3) is 5.11. The van der Waals surface area contributed by atoms with Crippen LogP contribution in [-0.4, -0.2) is 33.5 Å². The normalized spacial score (nSPS) is 11.5. The summed E-state index contributed by atoms with van der Waals surface area (Å²) in [6.45, 7) is 6.27. The van der Waals surface area contributed by atoms with E-state index < -0.39 is 0 Å². The van der Waals surface area contributed by atoms with Gasteiger partial charge in [0.2, 0.25) is 0 Å². The molecular formula is C28H28ClN5O2. The summed E-state index contributed by atoms with van der Waals surface area (Å²) >= 11 is 6.52. The molecule has 0 fully saturated rings. The number of halogens is 1. The molecule has 0 aliphatic heterocycles. The van der Waals surface area contributed by atoms with Crippen molar-refractivity contribution >= 4 is 33.9 Å². The van der Waals surface area contributed by atoms with Crippen molar-refractivity contribution < 1.29 is 4.74 Å². The molecule has 3 heterocycles. The summed E-state index contributed by atoms with van der Waals surface area (Å²) in [6.07, 6.45) is 8.69. The van der Waals surface area contributed by atoms with Gasteiger partial charge in [0.25, 0.3) is 5.56 Å². The molecule has 2 N–H and O–H groups in total. The van der Waals surface area contributed by atoms with Gasteiger partial charge in [-0.1, -0.05) is 36.4 Å². The van der Waals surface area contributed by atoms with Crippen molar-refractivity contribution in [2.45, 2.75) is 20.1 Å². The van der Waals surface area contributed by atoms with E-state index >= 15 is 0 Å². The van der Waals surface area contributed by atoms with Crippen LogP contribution in [0.1, 0.15) is 22.4 Å². The summed E-state index contributed by atoms with van der Waals surface area (Å²) in [4.78, 5) is 23.5. The number of pyridine rings is 3. The van der Waals surface area contributed by atoms with Gasteiger partial charge in [-0.2, -0.15) is 0 Å². The van der Waals surface area contributed by atoms with Crippen molar-refractivity contribution in [3.05, 3.63) is 111 Å². The molecule has 36 heavy (non-hydrogen) atoms. The van der Waals surface area contributed by atoms with Gasteiger partial charge in [-0.15, -0.1) is 0 Å². The Morgan fingerprint density at radius 1 is 1.25 bits per heavy atom. The number of rotatable bonds is 8. The van der Waals surface area contributed by atoms with E-state index in [-0.39, 0.29) is 24.4 Å². The smallest absolute Gasteiger partial charge is 0.273 e. The standard InChI is InChI=1S/C28H28ClN5O2/c1-5-8-25(33(3)4)21-13-18(2)32-27-20(21)9-6-11-26(27)36-17-22-19(14-31-15-23(22)29)16-34-12-7-10-24(30)28(34)35/h5-15H,1,16-17,30H2,2-4H3/b25-8-. The highest BCUT2D eigenvalue weighted by Crippen LogP contribution is 2.32. The largest absolute Gasteiger partial charge is 0.487 e. The Bertz CT molecular complexity index is 1520. The van der Waals surface area contributed by atoms with E-state index in [2.05, 4.69) is 17.6 Å². The molecule has 8 heteroatoms. The third-order valence-electron chi connectivity index (χ3n) is 5.82. The first-order valence-electron chi connectivity index (χ1n) is 11.4. The van der Waals surface area contributed by atoms with Gasteiger partial charge in [0, 0.05) is 60.6 Å². The summed E-state index contributed by atoms with van der Waals surface area (Å²) in [7, 11) is 3.99. The highest BCUT2D eigenvalue weighted by molar-refractivity contribution is 6.31. The number of hydrogen-bond donors (Lipinski definition) is 1. The second-order valence-electron chi connectivity index (χ2n) is 8.59. The molecule has 0 saturated carbocycles. The number of fused-ring (bicyclic) bond motifs is 1. The third-order valence-corrected chi connectivity index (χ3v) is 6.15. The minimum absolute atomic E-state index is 0.181. The van der Waals surface area contributed by atoms with Gasteiger partial charge in [0.1, 0.15) is 17.9 Å². The highest BCUT2D eigenvalue weighted by Gasteiger charge is 2.15. The average Bonchev–Trinajstić information content (AvgIpc) is 2.84. The first-order valence-corrected chi connectivity index (χ1v) is 11.8. The maximum Gasteiger partial charge on any atom is 0.273 e. The SMILES string of the molecule is C=C/C=C(/c1cc(C)nc2c(OCc3c(Cl)cncc3Cn3cccc(N)c3=O)cccc12)N(C)C.